The van der Waals surface area contributed by atoms with Crippen LogP contribution in [0.4, 0.5) is 5.69 Å². The minimum absolute atomic E-state index is 0.131. The third kappa shape index (κ3) is 12.5. The first-order chi connectivity index (χ1) is 19.6. The molecular formula is C28H43N5O9. The van der Waals surface area contributed by atoms with E-state index in [1.165, 1.54) is 4.90 Å². The molecular weight excluding hydrogens is 550 g/mol. The molecule has 0 bridgehead atoms. The monoisotopic (exact) mass is 593 g/mol. The predicted molar refractivity (Wildman–Crippen MR) is 154 cm³/mol. The highest BCUT2D eigenvalue weighted by Gasteiger charge is 2.25. The van der Waals surface area contributed by atoms with Crippen LogP contribution in [0.1, 0.15) is 26.3 Å². The first kappa shape index (κ1) is 34.6. The van der Waals surface area contributed by atoms with Crippen molar-refractivity contribution in [3.05, 3.63) is 29.8 Å². The van der Waals surface area contributed by atoms with Gasteiger partial charge in [-0.05, 0) is 23.1 Å². The Morgan fingerprint density at radius 2 is 0.929 bits per heavy atom. The summed E-state index contributed by atoms with van der Waals surface area (Å²) in [5, 5.41) is 37.6. The number of benzene rings is 1. The van der Waals surface area contributed by atoms with Crippen LogP contribution in [0.2, 0.25) is 0 Å². The highest BCUT2D eigenvalue weighted by atomic mass is 16.4. The lowest BCUT2D eigenvalue weighted by atomic mass is 9.87. The molecule has 1 aromatic carbocycles. The van der Waals surface area contributed by atoms with E-state index in [0.29, 0.717) is 5.69 Å². The second-order valence-electron chi connectivity index (χ2n) is 11.5. The Morgan fingerprint density at radius 1 is 0.595 bits per heavy atom. The number of rotatable bonds is 11. The topological polar surface area (TPSA) is 182 Å². The van der Waals surface area contributed by atoms with E-state index in [0.717, 1.165) is 5.56 Å². The summed E-state index contributed by atoms with van der Waals surface area (Å²) in [5.74, 6) is -4.78. The largest absolute Gasteiger partial charge is 0.480 e. The average molecular weight is 594 g/mol. The molecule has 1 saturated heterocycles. The van der Waals surface area contributed by atoms with Gasteiger partial charge >= 0.3 is 23.9 Å². The molecule has 0 radical (unpaired) electrons. The fourth-order valence-electron chi connectivity index (χ4n) is 4.66. The predicted octanol–water partition coefficient (Wildman–Crippen LogP) is -0.123. The number of carboxylic acids is 4. The third-order valence-corrected chi connectivity index (χ3v) is 7.00. The van der Waals surface area contributed by atoms with Gasteiger partial charge in [0.1, 0.15) is 6.54 Å². The molecule has 0 spiro atoms. The highest BCUT2D eigenvalue weighted by Crippen LogP contribution is 2.25. The molecule has 0 aliphatic carbocycles. The Kier molecular flexibility index (Phi) is 13.3. The number of nitrogens with zero attached hydrogens (tertiary/aromatic N) is 5. The maximum absolute atomic E-state index is 13.5. The molecule has 4 N–H and O–H groups in total. The Balaban J connectivity index is 2.28. The smallest absolute Gasteiger partial charge is 0.323 e. The van der Waals surface area contributed by atoms with Gasteiger partial charge < -0.3 is 25.3 Å². The number of carbonyl (C=O) groups is 5. The number of amides is 1. The Bertz CT molecular complexity index is 1060. The van der Waals surface area contributed by atoms with Crippen molar-refractivity contribution >= 4 is 35.5 Å². The molecule has 234 valence electrons. The fourth-order valence-corrected chi connectivity index (χ4v) is 4.66. The van der Waals surface area contributed by atoms with Crippen LogP contribution in [0.3, 0.4) is 0 Å². The van der Waals surface area contributed by atoms with E-state index in [1.807, 2.05) is 32.9 Å². The zero-order chi connectivity index (χ0) is 31.4. The maximum Gasteiger partial charge on any atom is 0.323 e. The van der Waals surface area contributed by atoms with E-state index in [2.05, 4.69) is 0 Å². The van der Waals surface area contributed by atoms with Crippen molar-refractivity contribution in [2.75, 3.05) is 90.0 Å². The first-order valence-corrected chi connectivity index (χ1v) is 13.8. The quantitative estimate of drug-likeness (QED) is 0.267. The van der Waals surface area contributed by atoms with Crippen LogP contribution < -0.4 is 4.90 Å². The summed E-state index contributed by atoms with van der Waals surface area (Å²) in [6.45, 7) is 6.64. The van der Waals surface area contributed by atoms with Gasteiger partial charge in [0, 0.05) is 58.0 Å². The zero-order valence-electron chi connectivity index (χ0n) is 24.6. The van der Waals surface area contributed by atoms with E-state index in [4.69, 9.17) is 0 Å². The van der Waals surface area contributed by atoms with Gasteiger partial charge in [-0.2, -0.15) is 0 Å². The molecule has 14 heteroatoms. The normalized spacial score (nSPS) is 17.1. The van der Waals surface area contributed by atoms with Crippen molar-refractivity contribution in [2.45, 2.75) is 26.2 Å². The number of hydrogen-bond acceptors (Lipinski definition) is 9. The Morgan fingerprint density at radius 3 is 1.21 bits per heavy atom. The minimum atomic E-state index is -1.18. The van der Waals surface area contributed by atoms with E-state index < -0.39 is 36.3 Å². The Labute approximate surface area is 245 Å². The van der Waals surface area contributed by atoms with E-state index in [9.17, 15) is 44.4 Å². The summed E-state index contributed by atoms with van der Waals surface area (Å²) in [6, 6.07) is 7.14. The number of hydrogen-bond donors (Lipinski definition) is 4. The van der Waals surface area contributed by atoms with Crippen LogP contribution in [0, 0.1) is 0 Å². The standard InChI is InChI=1S/C28H43N5O9/c1-28(2,3)21-4-6-22(7-5-21)33(20-27(41)42)23(34)16-29-8-10-30(17-24(35)36)12-14-32(19-26(39)40)15-13-31(11-9-29)18-25(37)38/h4-7H,8-20H2,1-3H3,(H,35,36)(H,37,38)(H,39,40)(H,41,42). The number of anilines is 1. The van der Waals surface area contributed by atoms with Crippen LogP contribution in [0.15, 0.2) is 24.3 Å². The van der Waals surface area contributed by atoms with E-state index in [1.54, 1.807) is 31.7 Å². The summed E-state index contributed by atoms with van der Waals surface area (Å²) in [4.78, 5) is 67.5. The van der Waals surface area contributed by atoms with Crippen molar-refractivity contribution in [3.63, 3.8) is 0 Å². The van der Waals surface area contributed by atoms with Gasteiger partial charge in [-0.1, -0.05) is 32.9 Å². The SMILES string of the molecule is CC(C)(C)c1ccc(N(CC(=O)O)C(=O)CN2CCN(CC(=O)O)CCN(CC(=O)O)CCN(CC(=O)O)CC2)cc1. The van der Waals surface area contributed by atoms with E-state index >= 15 is 0 Å². The summed E-state index contributed by atoms with van der Waals surface area (Å²) in [7, 11) is 0. The average Bonchev–Trinajstić information content (AvgIpc) is 2.87. The van der Waals surface area contributed by atoms with Gasteiger partial charge in [0.05, 0.1) is 26.2 Å². The molecule has 1 amide bonds. The van der Waals surface area contributed by atoms with Gasteiger partial charge in [-0.15, -0.1) is 0 Å². The molecule has 1 aromatic rings. The molecule has 14 nitrogen and oxygen atoms in total. The molecule has 42 heavy (non-hydrogen) atoms. The van der Waals surface area contributed by atoms with Crippen molar-refractivity contribution in [1.29, 1.82) is 0 Å². The van der Waals surface area contributed by atoms with Crippen LogP contribution in [0.25, 0.3) is 0 Å². The lowest BCUT2D eigenvalue weighted by Crippen LogP contribution is -2.50. The second-order valence-corrected chi connectivity index (χ2v) is 11.5. The van der Waals surface area contributed by atoms with Crippen LogP contribution in [-0.2, 0) is 29.4 Å². The first-order valence-electron chi connectivity index (χ1n) is 13.8. The molecule has 0 unspecified atom stereocenters. The maximum atomic E-state index is 13.5. The molecule has 0 aromatic heterocycles. The third-order valence-electron chi connectivity index (χ3n) is 7.00. The lowest BCUT2D eigenvalue weighted by molar-refractivity contribution is -0.140. The van der Waals surface area contributed by atoms with Crippen molar-refractivity contribution in [2.24, 2.45) is 0 Å². The van der Waals surface area contributed by atoms with Crippen LogP contribution in [0.5, 0.6) is 0 Å². The van der Waals surface area contributed by atoms with E-state index in [-0.39, 0.29) is 84.0 Å². The lowest BCUT2D eigenvalue weighted by Gasteiger charge is -2.33. The Hall–Kier alpha value is -3.59. The molecule has 1 aliphatic heterocycles. The molecule has 1 aliphatic rings. The number of carbonyl (C=O) groups excluding carboxylic acids is 1. The van der Waals surface area contributed by atoms with Crippen LogP contribution >= 0.6 is 0 Å². The molecule has 1 fully saturated rings. The molecule has 0 atom stereocenters. The second kappa shape index (κ2) is 16.2. The van der Waals surface area contributed by atoms with Crippen molar-refractivity contribution in [1.82, 2.24) is 19.6 Å². The summed E-state index contributed by atoms with van der Waals surface area (Å²) < 4.78 is 0. The molecule has 1 heterocycles. The molecule has 2 rings (SSSR count). The summed E-state index contributed by atoms with van der Waals surface area (Å²) in [5.41, 5.74) is 1.33. The van der Waals surface area contributed by atoms with Gasteiger partial charge in [0.2, 0.25) is 5.91 Å². The zero-order valence-corrected chi connectivity index (χ0v) is 24.6. The van der Waals surface area contributed by atoms with Gasteiger partial charge in [-0.3, -0.25) is 43.6 Å². The van der Waals surface area contributed by atoms with Crippen molar-refractivity contribution < 1.29 is 44.4 Å². The number of aliphatic carboxylic acids is 4. The van der Waals surface area contributed by atoms with Gasteiger partial charge in [0.15, 0.2) is 0 Å². The number of carboxylic acid groups (broad SMARTS) is 4. The van der Waals surface area contributed by atoms with Crippen LogP contribution in [-0.4, -0.2) is 155 Å². The fraction of sp³-hybridized carbons (Fsp3) is 0.607. The minimum Gasteiger partial charge on any atom is -0.480 e. The summed E-state index contributed by atoms with van der Waals surface area (Å²) >= 11 is 0. The van der Waals surface area contributed by atoms with Gasteiger partial charge in [-0.25, -0.2) is 0 Å². The summed E-state index contributed by atoms with van der Waals surface area (Å²) in [6.07, 6.45) is 0. The molecule has 0 saturated carbocycles. The highest BCUT2D eigenvalue weighted by molar-refractivity contribution is 5.98. The van der Waals surface area contributed by atoms with Crippen molar-refractivity contribution in [3.8, 4) is 0 Å². The van der Waals surface area contributed by atoms with Gasteiger partial charge in [0.25, 0.3) is 0 Å².